The number of aromatic nitrogens is 2. The van der Waals surface area contributed by atoms with Gasteiger partial charge in [-0.2, -0.15) is 0 Å². The second-order valence-corrected chi connectivity index (χ2v) is 12.5. The fourth-order valence-electron chi connectivity index (χ4n) is 8.14. The number of fused-ring (bicyclic) bond motifs is 14. The largest absolute Gasteiger partial charge is 0.455 e. The van der Waals surface area contributed by atoms with Crippen molar-refractivity contribution in [3.05, 3.63) is 158 Å². The topological polar surface area (TPSA) is 23.0 Å². The van der Waals surface area contributed by atoms with E-state index in [2.05, 4.69) is 167 Å². The Hall–Kier alpha value is -6.32. The quantitative estimate of drug-likeness (QED) is 0.182. The molecule has 0 aliphatic rings. The lowest BCUT2D eigenvalue weighted by atomic mass is 10.00. The van der Waals surface area contributed by atoms with E-state index in [0.717, 1.165) is 44.0 Å². The molecule has 11 rings (SSSR count). The molecule has 47 heavy (non-hydrogen) atoms. The molecule has 0 spiro atoms. The Labute approximate surface area is 269 Å². The van der Waals surface area contributed by atoms with E-state index < -0.39 is 0 Å². The third-order valence-electron chi connectivity index (χ3n) is 10.1. The highest BCUT2D eigenvalue weighted by Gasteiger charge is 2.24. The van der Waals surface area contributed by atoms with Gasteiger partial charge in [-0.1, -0.05) is 109 Å². The van der Waals surface area contributed by atoms with Crippen LogP contribution >= 0.6 is 0 Å². The molecule has 0 unspecified atom stereocenters. The molecule has 0 saturated heterocycles. The lowest BCUT2D eigenvalue weighted by Gasteiger charge is -2.15. The first kappa shape index (κ1) is 24.9. The van der Waals surface area contributed by atoms with Gasteiger partial charge in [0.05, 0.1) is 33.1 Å². The smallest absolute Gasteiger partial charge is 0.145 e. The summed E-state index contributed by atoms with van der Waals surface area (Å²) in [6, 6.07) is 57.0. The highest BCUT2D eigenvalue weighted by Crippen LogP contribution is 2.46. The van der Waals surface area contributed by atoms with E-state index in [0.29, 0.717) is 0 Å². The number of furan rings is 1. The van der Waals surface area contributed by atoms with Crippen molar-refractivity contribution in [3.63, 3.8) is 0 Å². The maximum atomic E-state index is 6.80. The van der Waals surface area contributed by atoms with Gasteiger partial charge in [0, 0.05) is 38.0 Å². The van der Waals surface area contributed by atoms with Crippen LogP contribution in [0.4, 0.5) is 0 Å². The fourth-order valence-corrected chi connectivity index (χ4v) is 8.14. The van der Waals surface area contributed by atoms with Crippen LogP contribution in [0.25, 0.3) is 98.5 Å². The summed E-state index contributed by atoms with van der Waals surface area (Å²) >= 11 is 0. The maximum Gasteiger partial charge on any atom is 0.145 e. The van der Waals surface area contributed by atoms with E-state index in [-0.39, 0.29) is 0 Å². The fraction of sp³-hybridized carbons (Fsp3) is 0. The number of hydrogen-bond acceptors (Lipinski definition) is 1. The normalized spacial score (nSPS) is 12.3. The van der Waals surface area contributed by atoms with Crippen LogP contribution in [0, 0.1) is 0 Å². The van der Waals surface area contributed by atoms with Crippen molar-refractivity contribution in [2.75, 3.05) is 0 Å². The van der Waals surface area contributed by atoms with E-state index in [1.807, 2.05) is 0 Å². The van der Waals surface area contributed by atoms with Crippen LogP contribution in [-0.4, -0.2) is 9.13 Å². The summed E-state index contributed by atoms with van der Waals surface area (Å²) in [6.45, 7) is 0. The Balaban J connectivity index is 1.44. The zero-order valence-corrected chi connectivity index (χ0v) is 25.3. The van der Waals surface area contributed by atoms with Crippen LogP contribution in [-0.2, 0) is 0 Å². The molecule has 0 radical (unpaired) electrons. The van der Waals surface area contributed by atoms with Gasteiger partial charge in [-0.15, -0.1) is 0 Å². The lowest BCUT2D eigenvalue weighted by Crippen LogP contribution is -1.97. The van der Waals surface area contributed by atoms with Gasteiger partial charge < -0.3 is 13.6 Å². The summed E-state index contributed by atoms with van der Waals surface area (Å²) in [5, 5.41) is 12.0. The van der Waals surface area contributed by atoms with Crippen LogP contribution in [0.1, 0.15) is 0 Å². The zero-order chi connectivity index (χ0) is 30.6. The van der Waals surface area contributed by atoms with Crippen molar-refractivity contribution in [2.45, 2.75) is 0 Å². The Bertz CT molecular complexity index is 3070. The van der Waals surface area contributed by atoms with Gasteiger partial charge in [0.15, 0.2) is 0 Å². The van der Waals surface area contributed by atoms with Crippen molar-refractivity contribution < 1.29 is 4.42 Å². The molecular weight excluding hydrogens is 572 g/mol. The molecule has 11 aromatic rings. The highest BCUT2D eigenvalue weighted by atomic mass is 16.3. The molecule has 8 aromatic carbocycles. The molecule has 0 aliphatic heterocycles. The number of rotatable bonds is 2. The van der Waals surface area contributed by atoms with Crippen molar-refractivity contribution in [1.29, 1.82) is 0 Å². The lowest BCUT2D eigenvalue weighted by molar-refractivity contribution is 0.673. The molecule has 3 aromatic heterocycles. The molecule has 218 valence electrons. The van der Waals surface area contributed by atoms with Crippen molar-refractivity contribution >= 4 is 87.1 Å². The summed E-state index contributed by atoms with van der Waals surface area (Å²) < 4.78 is 11.7. The predicted molar refractivity (Wildman–Crippen MR) is 197 cm³/mol. The Kier molecular flexibility index (Phi) is 4.84. The number of nitrogens with zero attached hydrogens (tertiary/aromatic N) is 2. The van der Waals surface area contributed by atoms with Gasteiger partial charge in [0.25, 0.3) is 0 Å². The molecule has 0 atom stereocenters. The zero-order valence-electron chi connectivity index (χ0n) is 25.3. The third kappa shape index (κ3) is 3.25. The van der Waals surface area contributed by atoms with E-state index in [1.165, 1.54) is 54.4 Å². The van der Waals surface area contributed by atoms with Crippen molar-refractivity contribution in [3.8, 4) is 11.4 Å². The number of para-hydroxylation sites is 3. The monoisotopic (exact) mass is 598 g/mol. The first-order valence-corrected chi connectivity index (χ1v) is 16.1. The van der Waals surface area contributed by atoms with Crippen LogP contribution in [0.2, 0.25) is 0 Å². The minimum atomic E-state index is 0.906. The average Bonchev–Trinajstić information content (AvgIpc) is 3.79. The Morgan fingerprint density at radius 2 is 1.02 bits per heavy atom. The number of benzene rings is 8. The van der Waals surface area contributed by atoms with Gasteiger partial charge in [-0.3, -0.25) is 0 Å². The second kappa shape index (κ2) is 9.12. The first-order chi connectivity index (χ1) is 23.3. The van der Waals surface area contributed by atoms with E-state index in [1.54, 1.807) is 0 Å². The van der Waals surface area contributed by atoms with E-state index >= 15 is 0 Å². The molecule has 0 amide bonds. The van der Waals surface area contributed by atoms with Crippen molar-refractivity contribution in [2.24, 2.45) is 0 Å². The van der Waals surface area contributed by atoms with Crippen LogP contribution < -0.4 is 0 Å². The summed E-state index contributed by atoms with van der Waals surface area (Å²) in [5.41, 5.74) is 8.80. The molecule has 3 heteroatoms. The molecule has 3 heterocycles. The van der Waals surface area contributed by atoms with Gasteiger partial charge in [-0.25, -0.2) is 0 Å². The summed E-state index contributed by atoms with van der Waals surface area (Å²) in [6.07, 6.45) is 0. The first-order valence-electron chi connectivity index (χ1n) is 16.1. The van der Waals surface area contributed by atoms with Crippen LogP contribution in [0.5, 0.6) is 0 Å². The summed E-state index contributed by atoms with van der Waals surface area (Å²) in [4.78, 5) is 0. The van der Waals surface area contributed by atoms with Crippen LogP contribution in [0.3, 0.4) is 0 Å². The van der Waals surface area contributed by atoms with E-state index in [4.69, 9.17) is 4.42 Å². The average molecular weight is 599 g/mol. The minimum absolute atomic E-state index is 0.906. The molecule has 0 saturated carbocycles. The third-order valence-corrected chi connectivity index (χ3v) is 10.1. The maximum absolute atomic E-state index is 6.80. The van der Waals surface area contributed by atoms with Gasteiger partial charge in [0.2, 0.25) is 0 Å². The molecule has 3 nitrogen and oxygen atoms in total. The van der Waals surface area contributed by atoms with Gasteiger partial charge >= 0.3 is 0 Å². The minimum Gasteiger partial charge on any atom is -0.455 e. The van der Waals surface area contributed by atoms with E-state index in [9.17, 15) is 0 Å². The van der Waals surface area contributed by atoms with Gasteiger partial charge in [0.1, 0.15) is 11.2 Å². The standard InChI is InChI=1S/C44H26N2O/c1-2-13-28(14-3-1)45-37-24-22-34-32-18-8-10-20-36(32)46(39-26-27-12-4-5-15-29(27)30-16-6-7-17-31(30)39)43(34)41(37)42-38(45)25-23-35-33-19-9-11-21-40(33)47-44(35)42/h1-26H. The summed E-state index contributed by atoms with van der Waals surface area (Å²) in [7, 11) is 0. The number of hydrogen-bond donors (Lipinski definition) is 0. The van der Waals surface area contributed by atoms with Crippen LogP contribution in [0.15, 0.2) is 162 Å². The van der Waals surface area contributed by atoms with Crippen molar-refractivity contribution in [1.82, 2.24) is 9.13 Å². The molecule has 0 fully saturated rings. The molecule has 0 aliphatic carbocycles. The molecule has 0 bridgehead atoms. The highest BCUT2D eigenvalue weighted by molar-refractivity contribution is 6.32. The second-order valence-electron chi connectivity index (χ2n) is 12.5. The predicted octanol–water partition coefficient (Wildman–Crippen LogP) is 12.1. The SMILES string of the molecule is c1ccc(-n2c3ccc4c5ccccc5oc4c3c3c2ccc2c4ccccc4n(-c4cc5ccccc5c5ccccc45)c23)cc1. The Morgan fingerprint density at radius 1 is 0.383 bits per heavy atom. The Morgan fingerprint density at radius 3 is 1.87 bits per heavy atom. The van der Waals surface area contributed by atoms with Gasteiger partial charge in [-0.05, 0) is 64.7 Å². The molecular formula is C44H26N2O. The summed E-state index contributed by atoms with van der Waals surface area (Å²) in [5.74, 6) is 0. The molecule has 0 N–H and O–H groups in total.